The van der Waals surface area contributed by atoms with E-state index >= 15 is 0 Å². The molecule has 2 amide bonds. The Hall–Kier alpha value is -1.98. The second-order valence-corrected chi connectivity index (χ2v) is 2.18. The second-order valence-electron chi connectivity index (χ2n) is 2.18. The molecule has 6 heteroatoms. The fraction of sp³-hybridized carbons (Fsp3) is 0. The third-order valence-corrected chi connectivity index (χ3v) is 1.19. The molecule has 0 radical (unpaired) electrons. The Labute approximate surface area is 72.8 Å². The van der Waals surface area contributed by atoms with Crippen molar-refractivity contribution in [1.29, 1.82) is 0 Å². The largest absolute Gasteiger partial charge is 0.361 e. The minimum atomic E-state index is -1.12. The summed E-state index contributed by atoms with van der Waals surface area (Å²) in [5.41, 5.74) is 4.66. The Bertz CT molecular complexity index is 336. The Morgan fingerprint density at radius 3 is 2.62 bits per heavy atom. The summed E-state index contributed by atoms with van der Waals surface area (Å²) >= 11 is 0. The molecule has 0 saturated heterocycles. The molecule has 0 aliphatic heterocycles. The Kier molecular flexibility index (Phi) is 2.53. The summed E-state index contributed by atoms with van der Waals surface area (Å²) in [5.74, 6) is -2.56. The summed E-state index contributed by atoms with van der Waals surface area (Å²) in [6.07, 6.45) is 0.913. The topological polar surface area (TPSA) is 85.1 Å². The second kappa shape index (κ2) is 3.61. The summed E-state index contributed by atoms with van der Waals surface area (Å²) in [5, 5.41) is 2.08. The quantitative estimate of drug-likeness (QED) is 0.583. The van der Waals surface area contributed by atoms with Crippen molar-refractivity contribution in [1.82, 2.24) is 4.98 Å². The summed E-state index contributed by atoms with van der Waals surface area (Å²) in [4.78, 5) is 24.4. The average Bonchev–Trinajstić information content (AvgIpc) is 2.08. The molecule has 0 spiro atoms. The zero-order chi connectivity index (χ0) is 9.84. The van der Waals surface area contributed by atoms with Crippen LogP contribution in [0.1, 0.15) is 0 Å². The van der Waals surface area contributed by atoms with E-state index in [4.69, 9.17) is 0 Å². The van der Waals surface area contributed by atoms with Crippen LogP contribution < -0.4 is 11.1 Å². The number of primary amides is 1. The molecule has 0 bridgehead atoms. The normalized spacial score (nSPS) is 9.31. The van der Waals surface area contributed by atoms with Crippen molar-refractivity contribution >= 4 is 17.6 Å². The highest BCUT2D eigenvalue weighted by molar-refractivity contribution is 6.38. The molecule has 3 N–H and O–H groups in total. The van der Waals surface area contributed by atoms with Gasteiger partial charge in [-0.25, -0.2) is 9.37 Å². The van der Waals surface area contributed by atoms with Gasteiger partial charge >= 0.3 is 11.8 Å². The van der Waals surface area contributed by atoms with Crippen LogP contribution in [-0.2, 0) is 9.59 Å². The molecule has 0 unspecified atom stereocenters. The number of carbonyl (C=O) groups excluding carboxylic acids is 2. The van der Waals surface area contributed by atoms with E-state index in [1.165, 1.54) is 6.07 Å². The molecule has 1 rings (SSSR count). The van der Waals surface area contributed by atoms with Gasteiger partial charge in [-0.2, -0.15) is 0 Å². The van der Waals surface area contributed by atoms with Crippen LogP contribution in [0.5, 0.6) is 0 Å². The highest BCUT2D eigenvalue weighted by Gasteiger charge is 2.08. The van der Waals surface area contributed by atoms with Crippen LogP contribution in [0.15, 0.2) is 18.3 Å². The molecule has 1 heterocycles. The molecule has 0 aromatic carbocycles. The first-order valence-electron chi connectivity index (χ1n) is 3.32. The smallest absolute Gasteiger partial charge is 0.314 e. The van der Waals surface area contributed by atoms with Crippen LogP contribution >= 0.6 is 0 Å². The van der Waals surface area contributed by atoms with E-state index in [0.29, 0.717) is 0 Å². The molecular formula is C7H6FN3O2. The molecule has 0 saturated carbocycles. The minimum absolute atomic E-state index is 0.0743. The zero-order valence-electron chi connectivity index (χ0n) is 6.45. The molecule has 0 fully saturated rings. The summed E-state index contributed by atoms with van der Waals surface area (Å²) in [6, 6.07) is 2.32. The molecule has 5 nitrogen and oxygen atoms in total. The first-order valence-corrected chi connectivity index (χ1v) is 3.32. The molecule has 1 aromatic heterocycles. The number of pyridine rings is 1. The molecule has 0 atom stereocenters. The summed E-state index contributed by atoms with van der Waals surface area (Å²) < 4.78 is 12.3. The number of anilines is 1. The zero-order valence-corrected chi connectivity index (χ0v) is 6.45. The third-order valence-electron chi connectivity index (χ3n) is 1.19. The van der Waals surface area contributed by atoms with E-state index in [1.807, 2.05) is 0 Å². The minimum Gasteiger partial charge on any atom is -0.361 e. The van der Waals surface area contributed by atoms with Crippen molar-refractivity contribution in [3.05, 3.63) is 24.1 Å². The van der Waals surface area contributed by atoms with Crippen LogP contribution in [-0.4, -0.2) is 16.8 Å². The van der Waals surface area contributed by atoms with Gasteiger partial charge in [0, 0.05) is 0 Å². The third kappa shape index (κ3) is 2.51. The predicted octanol–water partition coefficient (Wildman–Crippen LogP) is -0.356. The molecular weight excluding hydrogens is 177 g/mol. The van der Waals surface area contributed by atoms with Gasteiger partial charge in [-0.3, -0.25) is 9.59 Å². The highest BCUT2D eigenvalue weighted by atomic mass is 19.1. The van der Waals surface area contributed by atoms with Crippen LogP contribution in [0, 0.1) is 5.82 Å². The average molecular weight is 183 g/mol. The first kappa shape index (κ1) is 9.11. The lowest BCUT2D eigenvalue weighted by molar-refractivity contribution is -0.134. The van der Waals surface area contributed by atoms with Gasteiger partial charge in [0.05, 0.1) is 6.20 Å². The summed E-state index contributed by atoms with van der Waals surface area (Å²) in [6.45, 7) is 0. The number of amides is 2. The van der Waals surface area contributed by atoms with Crippen molar-refractivity contribution in [2.75, 3.05) is 5.32 Å². The Morgan fingerprint density at radius 2 is 2.15 bits per heavy atom. The van der Waals surface area contributed by atoms with E-state index in [-0.39, 0.29) is 5.82 Å². The van der Waals surface area contributed by atoms with Crippen molar-refractivity contribution < 1.29 is 14.0 Å². The van der Waals surface area contributed by atoms with Gasteiger partial charge in [0.25, 0.3) is 0 Å². The number of hydrogen-bond donors (Lipinski definition) is 2. The van der Waals surface area contributed by atoms with E-state index in [0.717, 1.165) is 12.3 Å². The maximum Gasteiger partial charge on any atom is 0.314 e. The number of aromatic nitrogens is 1. The van der Waals surface area contributed by atoms with E-state index in [1.54, 1.807) is 0 Å². The number of rotatable bonds is 1. The van der Waals surface area contributed by atoms with Crippen molar-refractivity contribution in [3.8, 4) is 0 Å². The van der Waals surface area contributed by atoms with Gasteiger partial charge in [-0.05, 0) is 12.1 Å². The van der Waals surface area contributed by atoms with Gasteiger partial charge in [0.1, 0.15) is 11.6 Å². The van der Waals surface area contributed by atoms with E-state index < -0.39 is 17.6 Å². The number of nitrogens with two attached hydrogens (primary N) is 1. The van der Waals surface area contributed by atoms with Gasteiger partial charge in [-0.1, -0.05) is 0 Å². The number of carbonyl (C=O) groups is 2. The number of nitrogens with one attached hydrogen (secondary N) is 1. The van der Waals surface area contributed by atoms with Crippen LogP contribution in [0.2, 0.25) is 0 Å². The molecule has 0 aliphatic rings. The number of hydrogen-bond acceptors (Lipinski definition) is 3. The van der Waals surface area contributed by atoms with Crippen LogP contribution in [0.25, 0.3) is 0 Å². The van der Waals surface area contributed by atoms with Gasteiger partial charge in [-0.15, -0.1) is 0 Å². The Morgan fingerprint density at radius 1 is 1.46 bits per heavy atom. The maximum absolute atomic E-state index is 12.3. The fourth-order valence-corrected chi connectivity index (χ4v) is 0.628. The summed E-state index contributed by atoms with van der Waals surface area (Å²) in [7, 11) is 0. The monoisotopic (exact) mass is 183 g/mol. The van der Waals surface area contributed by atoms with Crippen molar-refractivity contribution in [3.63, 3.8) is 0 Å². The molecule has 1 aromatic rings. The van der Waals surface area contributed by atoms with E-state index in [9.17, 15) is 14.0 Å². The van der Waals surface area contributed by atoms with Crippen LogP contribution in [0.3, 0.4) is 0 Å². The highest BCUT2D eigenvalue weighted by Crippen LogP contribution is 2.02. The number of nitrogens with zero attached hydrogens (tertiary/aromatic N) is 1. The number of halogens is 1. The maximum atomic E-state index is 12.3. The van der Waals surface area contributed by atoms with Gasteiger partial charge in [0.15, 0.2) is 0 Å². The standard InChI is InChI=1S/C7H6FN3O2/c8-4-1-2-5(10-3-4)11-7(13)6(9)12/h1-3H,(H2,9,12)(H,10,11,13). The van der Waals surface area contributed by atoms with Crippen LogP contribution in [0.4, 0.5) is 10.2 Å². The lowest BCUT2D eigenvalue weighted by Crippen LogP contribution is -2.29. The fourth-order valence-electron chi connectivity index (χ4n) is 0.628. The van der Waals surface area contributed by atoms with Crippen molar-refractivity contribution in [2.45, 2.75) is 0 Å². The first-order chi connectivity index (χ1) is 6.09. The molecule has 0 aliphatic carbocycles. The SMILES string of the molecule is NC(=O)C(=O)Nc1ccc(F)cn1. The lowest BCUT2D eigenvalue weighted by atomic mass is 10.4. The van der Waals surface area contributed by atoms with Gasteiger partial charge in [0.2, 0.25) is 0 Å². The lowest BCUT2D eigenvalue weighted by Gasteiger charge is -1.99. The van der Waals surface area contributed by atoms with Gasteiger partial charge < -0.3 is 11.1 Å². The Balaban J connectivity index is 2.70. The van der Waals surface area contributed by atoms with Crippen molar-refractivity contribution in [2.24, 2.45) is 5.73 Å². The molecule has 13 heavy (non-hydrogen) atoms. The predicted molar refractivity (Wildman–Crippen MR) is 42.0 cm³/mol. The van der Waals surface area contributed by atoms with E-state index in [2.05, 4.69) is 16.0 Å². The molecule has 68 valence electrons.